The summed E-state index contributed by atoms with van der Waals surface area (Å²) >= 11 is 0. The number of nitrogens with one attached hydrogen (secondary N) is 1. The fraction of sp³-hybridized carbons (Fsp3) is 0.440. The minimum atomic E-state index is -0.577. The molecular formula is C25H31N3O4. The van der Waals surface area contributed by atoms with Crippen LogP contribution in [0.5, 0.6) is 0 Å². The van der Waals surface area contributed by atoms with Crippen LogP contribution in [-0.4, -0.2) is 54.5 Å². The molecule has 3 N–H and O–H groups in total. The summed E-state index contributed by atoms with van der Waals surface area (Å²) in [4.78, 5) is 26.6. The topological polar surface area (TPSA) is 93.9 Å². The van der Waals surface area contributed by atoms with Gasteiger partial charge >= 0.3 is 12.2 Å². The highest BCUT2D eigenvalue weighted by Crippen LogP contribution is 2.44. The number of fused-ring (bicyclic) bond motifs is 3. The molecule has 0 bridgehead atoms. The van der Waals surface area contributed by atoms with Crippen molar-refractivity contribution in [3.05, 3.63) is 59.7 Å². The Labute approximate surface area is 188 Å². The predicted octanol–water partition coefficient (Wildman–Crippen LogP) is 3.86. The van der Waals surface area contributed by atoms with Crippen LogP contribution in [0.25, 0.3) is 11.1 Å². The number of piperidine rings is 1. The lowest BCUT2D eigenvalue weighted by molar-refractivity contribution is 0.0170. The summed E-state index contributed by atoms with van der Waals surface area (Å²) in [5, 5.41) is 2.85. The Bertz CT molecular complexity index is 955. The van der Waals surface area contributed by atoms with Gasteiger partial charge in [0.05, 0.1) is 6.04 Å². The molecule has 0 aromatic heterocycles. The monoisotopic (exact) mass is 437 g/mol. The molecule has 1 saturated heterocycles. The highest BCUT2D eigenvalue weighted by molar-refractivity contribution is 5.79. The number of hydrogen-bond donors (Lipinski definition) is 2. The first-order valence-electron chi connectivity index (χ1n) is 11.1. The average Bonchev–Trinajstić information content (AvgIpc) is 3.06. The van der Waals surface area contributed by atoms with Gasteiger partial charge in [-0.3, -0.25) is 0 Å². The molecule has 2 aromatic carbocycles. The van der Waals surface area contributed by atoms with Crippen molar-refractivity contribution in [2.75, 3.05) is 19.7 Å². The average molecular weight is 438 g/mol. The number of carbonyl (C=O) groups excluding carboxylic acids is 2. The molecule has 1 aliphatic carbocycles. The number of carbonyl (C=O) groups is 2. The fourth-order valence-corrected chi connectivity index (χ4v) is 4.41. The van der Waals surface area contributed by atoms with Crippen LogP contribution in [0, 0.1) is 0 Å². The van der Waals surface area contributed by atoms with Crippen LogP contribution in [0.4, 0.5) is 9.59 Å². The quantitative estimate of drug-likeness (QED) is 0.760. The summed E-state index contributed by atoms with van der Waals surface area (Å²) in [7, 11) is 0. The molecule has 0 radical (unpaired) electrons. The van der Waals surface area contributed by atoms with Crippen LogP contribution >= 0.6 is 0 Å². The molecule has 2 amide bonds. The summed E-state index contributed by atoms with van der Waals surface area (Å²) in [5.41, 5.74) is 10.3. The van der Waals surface area contributed by atoms with Gasteiger partial charge in [0.2, 0.25) is 0 Å². The van der Waals surface area contributed by atoms with Crippen molar-refractivity contribution in [1.29, 1.82) is 0 Å². The summed E-state index contributed by atoms with van der Waals surface area (Å²) in [6, 6.07) is 15.8. The van der Waals surface area contributed by atoms with Gasteiger partial charge in [0.1, 0.15) is 12.2 Å². The van der Waals surface area contributed by atoms with Gasteiger partial charge in [-0.05, 0) is 49.4 Å². The van der Waals surface area contributed by atoms with Gasteiger partial charge in [-0.15, -0.1) is 0 Å². The van der Waals surface area contributed by atoms with E-state index < -0.39 is 23.8 Å². The summed E-state index contributed by atoms with van der Waals surface area (Å²) in [6.45, 7) is 6.50. The number of benzene rings is 2. The zero-order valence-electron chi connectivity index (χ0n) is 18.8. The van der Waals surface area contributed by atoms with Crippen molar-refractivity contribution in [2.24, 2.45) is 5.73 Å². The molecule has 0 spiro atoms. The summed E-state index contributed by atoms with van der Waals surface area (Å²) < 4.78 is 11.1. The second-order valence-electron chi connectivity index (χ2n) is 9.46. The van der Waals surface area contributed by atoms with Gasteiger partial charge in [0.15, 0.2) is 0 Å². The van der Waals surface area contributed by atoms with Crippen LogP contribution in [0.1, 0.15) is 44.2 Å². The maximum absolute atomic E-state index is 12.6. The normalized spacial score (nSPS) is 20.3. The number of ether oxygens (including phenoxy) is 2. The third-order valence-corrected chi connectivity index (χ3v) is 5.96. The largest absolute Gasteiger partial charge is 0.449 e. The number of hydrogen-bond acceptors (Lipinski definition) is 5. The van der Waals surface area contributed by atoms with E-state index in [0.29, 0.717) is 19.5 Å². The van der Waals surface area contributed by atoms with Crippen LogP contribution in [0.3, 0.4) is 0 Å². The number of likely N-dealkylation sites (tertiary alicyclic amines) is 1. The Morgan fingerprint density at radius 2 is 1.66 bits per heavy atom. The first kappa shape index (κ1) is 22.1. The second-order valence-corrected chi connectivity index (χ2v) is 9.46. The van der Waals surface area contributed by atoms with E-state index in [1.165, 1.54) is 11.1 Å². The molecule has 1 fully saturated rings. The van der Waals surface area contributed by atoms with Crippen LogP contribution in [-0.2, 0) is 9.47 Å². The van der Waals surface area contributed by atoms with E-state index >= 15 is 0 Å². The molecule has 1 heterocycles. The molecule has 0 saturated carbocycles. The summed E-state index contributed by atoms with van der Waals surface area (Å²) in [5.74, 6) is -0.00792. The fourth-order valence-electron chi connectivity index (χ4n) is 4.41. The molecule has 7 heteroatoms. The summed E-state index contributed by atoms with van der Waals surface area (Å²) in [6.07, 6.45) is -0.352. The van der Waals surface area contributed by atoms with E-state index in [2.05, 4.69) is 29.6 Å². The van der Waals surface area contributed by atoms with Crippen molar-refractivity contribution >= 4 is 12.2 Å². The Hall–Kier alpha value is -3.06. The van der Waals surface area contributed by atoms with Crippen molar-refractivity contribution in [1.82, 2.24) is 10.2 Å². The third kappa shape index (κ3) is 4.72. The molecule has 0 unspecified atom stereocenters. The first-order chi connectivity index (χ1) is 15.2. The van der Waals surface area contributed by atoms with Gasteiger partial charge < -0.3 is 25.4 Å². The molecule has 2 atom stereocenters. The molecule has 32 heavy (non-hydrogen) atoms. The zero-order valence-corrected chi connectivity index (χ0v) is 18.8. The van der Waals surface area contributed by atoms with Crippen molar-refractivity contribution in [3.8, 4) is 11.1 Å². The van der Waals surface area contributed by atoms with E-state index in [-0.39, 0.29) is 18.6 Å². The van der Waals surface area contributed by atoms with E-state index in [1.54, 1.807) is 4.90 Å². The molecule has 1 aliphatic heterocycles. The van der Waals surface area contributed by atoms with E-state index in [9.17, 15) is 9.59 Å². The highest BCUT2D eigenvalue weighted by atomic mass is 16.6. The van der Waals surface area contributed by atoms with Gasteiger partial charge in [0, 0.05) is 25.0 Å². The molecule has 2 aromatic rings. The first-order valence-corrected chi connectivity index (χ1v) is 11.1. The maximum atomic E-state index is 12.6. The zero-order chi connectivity index (χ0) is 22.9. The smallest absolute Gasteiger partial charge is 0.410 e. The molecule has 2 aliphatic rings. The van der Waals surface area contributed by atoms with E-state index in [4.69, 9.17) is 15.2 Å². The van der Waals surface area contributed by atoms with Crippen molar-refractivity contribution < 1.29 is 19.1 Å². The second kappa shape index (κ2) is 8.82. The number of rotatable bonds is 3. The number of nitrogens with zero attached hydrogens (tertiary/aromatic N) is 1. The lowest BCUT2D eigenvalue weighted by Crippen LogP contribution is -2.59. The molecule has 4 rings (SSSR count). The highest BCUT2D eigenvalue weighted by Gasteiger charge is 2.34. The lowest BCUT2D eigenvalue weighted by atomic mass is 9.98. The van der Waals surface area contributed by atoms with Crippen LogP contribution in [0.15, 0.2) is 48.5 Å². The number of amides is 2. The Balaban J connectivity index is 1.37. The van der Waals surface area contributed by atoms with E-state index in [0.717, 1.165) is 11.1 Å². The van der Waals surface area contributed by atoms with Crippen LogP contribution in [0.2, 0.25) is 0 Å². The van der Waals surface area contributed by atoms with Gasteiger partial charge in [0.25, 0.3) is 0 Å². The minimum Gasteiger partial charge on any atom is -0.449 e. The predicted molar refractivity (Wildman–Crippen MR) is 122 cm³/mol. The maximum Gasteiger partial charge on any atom is 0.410 e. The Morgan fingerprint density at radius 1 is 1.06 bits per heavy atom. The molecular weight excluding hydrogens is 406 g/mol. The van der Waals surface area contributed by atoms with Gasteiger partial charge in [-0.1, -0.05) is 48.5 Å². The number of nitrogens with two attached hydrogens (primary N) is 1. The van der Waals surface area contributed by atoms with Crippen molar-refractivity contribution in [2.45, 2.75) is 50.8 Å². The van der Waals surface area contributed by atoms with E-state index in [1.807, 2.05) is 45.0 Å². The number of alkyl carbamates (subject to hydrolysis) is 1. The van der Waals surface area contributed by atoms with Crippen molar-refractivity contribution in [3.63, 3.8) is 0 Å². The van der Waals surface area contributed by atoms with Crippen LogP contribution < -0.4 is 11.1 Å². The Morgan fingerprint density at radius 3 is 2.25 bits per heavy atom. The lowest BCUT2D eigenvalue weighted by Gasteiger charge is -2.37. The SMILES string of the molecule is CC(C)(C)OC(=O)N1CC[C@@H](N)[C@@H](NC(=O)OCC2c3ccccc3-c3ccccc32)C1. The van der Waals surface area contributed by atoms with Gasteiger partial charge in [-0.25, -0.2) is 9.59 Å². The minimum absolute atomic E-state index is 0.00792. The van der Waals surface area contributed by atoms with Gasteiger partial charge in [-0.2, -0.15) is 0 Å². The Kier molecular flexibility index (Phi) is 6.11. The third-order valence-electron chi connectivity index (χ3n) is 5.96. The molecule has 170 valence electrons. The standard InChI is InChI=1S/C25H31N3O4/c1-25(2,3)32-24(30)28-13-12-21(26)22(14-28)27-23(29)31-15-20-18-10-6-4-8-16(18)17-9-5-7-11-19(17)20/h4-11,20-22H,12-15,26H2,1-3H3,(H,27,29)/t21-,22+/m1/s1. The molecule has 7 nitrogen and oxygen atoms in total.